The number of hydrogen-bond donors (Lipinski definition) is 0. The molecule has 2 aliphatic heterocycles. The number of aromatic nitrogens is 2. The van der Waals surface area contributed by atoms with Crippen LogP contribution in [0.15, 0.2) is 30.6 Å². The van der Waals surface area contributed by atoms with Crippen molar-refractivity contribution < 1.29 is 9.63 Å². The minimum Gasteiger partial charge on any atom is -0.369 e. The molecule has 1 spiro atoms. The normalized spacial score (nSPS) is 19.8. The Labute approximate surface area is 193 Å². The Morgan fingerprint density at radius 2 is 1.97 bits per heavy atom. The van der Waals surface area contributed by atoms with Crippen LogP contribution in [0, 0.1) is 12.0 Å². The maximum absolute atomic E-state index is 12.1. The van der Waals surface area contributed by atoms with Gasteiger partial charge in [-0.25, -0.2) is 19.9 Å². The van der Waals surface area contributed by atoms with Gasteiger partial charge in [-0.05, 0) is 43.7 Å². The Bertz CT molecular complexity index is 1030. The number of nitrogens with zero attached hydrogens (tertiary/aromatic N) is 6. The Hall–Kier alpha value is -2.89. The van der Waals surface area contributed by atoms with Crippen molar-refractivity contribution in [2.75, 3.05) is 43.6 Å². The van der Waals surface area contributed by atoms with E-state index in [0.717, 1.165) is 55.3 Å². The number of carbonyl (C=O) groups excluding carboxylic acids is 1. The number of amides is 1. The second-order valence-corrected chi connectivity index (χ2v) is 9.07. The Morgan fingerprint density at radius 1 is 1.28 bits per heavy atom. The molecule has 1 aromatic heterocycles. The van der Waals surface area contributed by atoms with Gasteiger partial charge in [-0.1, -0.05) is 17.7 Å². The van der Waals surface area contributed by atoms with Crippen LogP contribution in [0.5, 0.6) is 0 Å². The van der Waals surface area contributed by atoms with Gasteiger partial charge in [0.05, 0.1) is 31.8 Å². The highest BCUT2D eigenvalue weighted by molar-refractivity contribution is 6.33. The first-order valence-electron chi connectivity index (χ1n) is 10.7. The third-order valence-corrected chi connectivity index (χ3v) is 7.03. The Morgan fingerprint density at radius 3 is 2.56 bits per heavy atom. The average molecular weight is 455 g/mol. The predicted octanol–water partition coefficient (Wildman–Crippen LogP) is 4.20. The van der Waals surface area contributed by atoms with E-state index in [1.165, 1.54) is 14.2 Å². The summed E-state index contributed by atoms with van der Waals surface area (Å²) >= 11 is 6.29. The average Bonchev–Trinajstić information content (AvgIpc) is 3.14. The molecular weight excluding hydrogens is 428 g/mol. The number of rotatable bonds is 4. The first-order chi connectivity index (χ1) is 15.4. The lowest BCUT2D eigenvalue weighted by Gasteiger charge is -2.40. The van der Waals surface area contributed by atoms with Crippen LogP contribution in [-0.4, -0.2) is 60.8 Å². The van der Waals surface area contributed by atoms with E-state index in [4.69, 9.17) is 23.0 Å². The summed E-state index contributed by atoms with van der Waals surface area (Å²) in [5, 5.41) is 1.62. The zero-order valence-electron chi connectivity index (χ0n) is 18.6. The molecule has 8 nitrogen and oxygen atoms in total. The number of anilines is 2. The van der Waals surface area contributed by atoms with Crippen molar-refractivity contribution in [3.63, 3.8) is 0 Å². The zero-order valence-corrected chi connectivity index (χ0v) is 19.3. The van der Waals surface area contributed by atoms with Gasteiger partial charge in [0.2, 0.25) is 11.5 Å². The fourth-order valence-electron chi connectivity index (χ4n) is 4.85. The Balaban J connectivity index is 1.41. The lowest BCUT2D eigenvalue weighted by Crippen LogP contribution is -2.41. The first-order valence-corrected chi connectivity index (χ1v) is 11.1. The number of piperidine rings is 1. The van der Waals surface area contributed by atoms with Crippen LogP contribution in [0.1, 0.15) is 36.8 Å². The van der Waals surface area contributed by atoms with Gasteiger partial charge in [-0.15, -0.1) is 0 Å². The summed E-state index contributed by atoms with van der Waals surface area (Å²) in [4.78, 5) is 33.6. The van der Waals surface area contributed by atoms with Gasteiger partial charge in [-0.2, -0.15) is 0 Å². The monoisotopic (exact) mass is 454 g/mol. The molecule has 1 atom stereocenters. The summed E-state index contributed by atoms with van der Waals surface area (Å²) in [5.41, 5.74) is 2.78. The molecule has 2 saturated heterocycles. The lowest BCUT2D eigenvalue weighted by atomic mass is 9.76. The molecule has 1 amide bonds. The molecule has 0 aliphatic carbocycles. The van der Waals surface area contributed by atoms with Crippen LogP contribution in [0.4, 0.5) is 17.1 Å². The minimum atomic E-state index is -0.374. The zero-order chi connectivity index (χ0) is 22.9. The number of benzene rings is 1. The topological polar surface area (TPSA) is 66.2 Å². The molecule has 2 fully saturated rings. The van der Waals surface area contributed by atoms with E-state index in [9.17, 15) is 4.79 Å². The summed E-state index contributed by atoms with van der Waals surface area (Å²) in [6, 6.07) is 6.15. The van der Waals surface area contributed by atoms with Crippen LogP contribution >= 0.6 is 11.6 Å². The second-order valence-electron chi connectivity index (χ2n) is 8.67. The van der Waals surface area contributed by atoms with Gasteiger partial charge in [0, 0.05) is 43.4 Å². The number of halogens is 1. The minimum absolute atomic E-state index is 0.120. The molecule has 2 aliphatic rings. The summed E-state index contributed by atoms with van der Waals surface area (Å²) in [6.07, 6.45) is 6.72. The van der Waals surface area contributed by atoms with Crippen LogP contribution in [0.25, 0.3) is 4.85 Å². The summed E-state index contributed by atoms with van der Waals surface area (Å²) in [7, 11) is 2.96. The third-order valence-electron chi connectivity index (χ3n) is 6.73. The van der Waals surface area contributed by atoms with Crippen molar-refractivity contribution in [1.29, 1.82) is 0 Å². The number of hydroxylamine groups is 2. The van der Waals surface area contributed by atoms with E-state index in [0.29, 0.717) is 16.8 Å². The SMILES string of the molecule is [C-]#[N+]c1ccc(N2CC3(CCN(c4cnc(C(=O)N(C)OC)nc4)CC3)C[C@@H]2C)cc1Cl. The van der Waals surface area contributed by atoms with E-state index in [1.807, 2.05) is 18.2 Å². The Kier molecular flexibility index (Phi) is 6.22. The molecule has 0 unspecified atom stereocenters. The fourth-order valence-corrected chi connectivity index (χ4v) is 5.07. The molecule has 2 aromatic rings. The molecule has 0 saturated carbocycles. The molecule has 4 rings (SSSR count). The molecule has 3 heterocycles. The number of hydrogen-bond acceptors (Lipinski definition) is 6. The van der Waals surface area contributed by atoms with Crippen molar-refractivity contribution in [3.05, 3.63) is 52.9 Å². The van der Waals surface area contributed by atoms with Crippen LogP contribution in [-0.2, 0) is 4.84 Å². The maximum atomic E-state index is 12.1. The molecular formula is C23H27ClN6O2. The molecule has 168 valence electrons. The highest BCUT2D eigenvalue weighted by Gasteiger charge is 2.44. The molecule has 32 heavy (non-hydrogen) atoms. The van der Waals surface area contributed by atoms with Crippen molar-refractivity contribution in [3.8, 4) is 0 Å². The van der Waals surface area contributed by atoms with Crippen LogP contribution in [0.3, 0.4) is 0 Å². The molecule has 0 radical (unpaired) electrons. The standard InChI is InChI=1S/C23H27ClN6O2/c1-16-12-23(15-30(16)17-5-6-20(25-2)19(24)11-17)7-9-29(10-8-23)18-13-26-21(27-14-18)22(31)28(3)32-4/h5-6,11,13-14,16H,7-10,12,15H2,1,3-4H3/t16-/m0/s1. The van der Waals surface area contributed by atoms with E-state index < -0.39 is 0 Å². The first kappa shape index (κ1) is 22.3. The maximum Gasteiger partial charge on any atom is 0.314 e. The highest BCUT2D eigenvalue weighted by atomic mass is 35.5. The van der Waals surface area contributed by atoms with Gasteiger partial charge >= 0.3 is 5.91 Å². The van der Waals surface area contributed by atoms with Gasteiger partial charge < -0.3 is 9.80 Å². The molecule has 0 bridgehead atoms. The number of carbonyl (C=O) groups is 1. The van der Waals surface area contributed by atoms with Gasteiger partial charge in [-0.3, -0.25) is 9.63 Å². The van der Waals surface area contributed by atoms with Crippen LogP contribution < -0.4 is 9.80 Å². The summed E-state index contributed by atoms with van der Waals surface area (Å²) in [5.74, 6) is -0.254. The van der Waals surface area contributed by atoms with Crippen molar-refractivity contribution in [2.24, 2.45) is 5.41 Å². The second kappa shape index (κ2) is 8.93. The quantitative estimate of drug-likeness (QED) is 0.509. The van der Waals surface area contributed by atoms with Crippen molar-refractivity contribution >= 4 is 34.6 Å². The van der Waals surface area contributed by atoms with E-state index in [1.54, 1.807) is 12.4 Å². The van der Waals surface area contributed by atoms with Crippen molar-refractivity contribution in [1.82, 2.24) is 15.0 Å². The lowest BCUT2D eigenvalue weighted by molar-refractivity contribution is -0.0764. The van der Waals surface area contributed by atoms with E-state index >= 15 is 0 Å². The smallest absolute Gasteiger partial charge is 0.314 e. The van der Waals surface area contributed by atoms with Crippen LogP contribution in [0.2, 0.25) is 5.02 Å². The molecule has 1 aromatic carbocycles. The predicted molar refractivity (Wildman–Crippen MR) is 124 cm³/mol. The molecule has 0 N–H and O–H groups in total. The summed E-state index contributed by atoms with van der Waals surface area (Å²) in [6.45, 7) is 12.3. The third kappa shape index (κ3) is 4.23. The van der Waals surface area contributed by atoms with E-state index in [2.05, 4.69) is 31.5 Å². The highest BCUT2D eigenvalue weighted by Crippen LogP contribution is 2.46. The van der Waals surface area contributed by atoms with Gasteiger partial charge in [0.15, 0.2) is 0 Å². The largest absolute Gasteiger partial charge is 0.369 e. The van der Waals surface area contributed by atoms with Crippen molar-refractivity contribution in [2.45, 2.75) is 32.2 Å². The summed E-state index contributed by atoms with van der Waals surface area (Å²) < 4.78 is 0. The fraction of sp³-hybridized carbons (Fsp3) is 0.478. The van der Waals surface area contributed by atoms with E-state index in [-0.39, 0.29) is 17.1 Å². The van der Waals surface area contributed by atoms with Gasteiger partial charge in [0.25, 0.3) is 0 Å². The van der Waals surface area contributed by atoms with Gasteiger partial charge in [0.1, 0.15) is 0 Å². The molecule has 9 heteroatoms.